The summed E-state index contributed by atoms with van der Waals surface area (Å²) in [4.78, 5) is 20.6. The zero-order valence-corrected chi connectivity index (χ0v) is 21.3. The van der Waals surface area contributed by atoms with Crippen LogP contribution in [0.1, 0.15) is 69.5 Å². The van der Waals surface area contributed by atoms with E-state index in [0.717, 1.165) is 52.2 Å². The number of rotatable bonds is 3. The van der Waals surface area contributed by atoms with Crippen LogP contribution in [0.4, 0.5) is 0 Å². The van der Waals surface area contributed by atoms with Crippen LogP contribution in [0.15, 0.2) is 46.4 Å². The molecule has 5 nitrogen and oxygen atoms in total. The van der Waals surface area contributed by atoms with Gasteiger partial charge >= 0.3 is 0 Å². The smallest absolute Gasteiger partial charge is 0.286 e. The van der Waals surface area contributed by atoms with Gasteiger partial charge in [0, 0.05) is 30.3 Å². The summed E-state index contributed by atoms with van der Waals surface area (Å²) in [6.45, 7) is 4.29. The predicted octanol–water partition coefficient (Wildman–Crippen LogP) is 6.04. The number of hydrogen-bond acceptors (Lipinski definition) is 4. The van der Waals surface area contributed by atoms with E-state index in [1.54, 1.807) is 11.8 Å². The van der Waals surface area contributed by atoms with Crippen molar-refractivity contribution in [3.63, 3.8) is 0 Å². The normalized spacial score (nSPS) is 35.2. The van der Waals surface area contributed by atoms with E-state index in [9.17, 15) is 4.79 Å². The third-order valence-electron chi connectivity index (χ3n) is 9.13. The Balaban J connectivity index is 1.26. The van der Waals surface area contributed by atoms with Crippen LogP contribution in [-0.2, 0) is 10.2 Å². The average Bonchev–Trinajstić information content (AvgIpc) is 3.43. The number of aliphatic imine (C=N–C) groups is 1. The minimum atomic E-state index is -0.0906. The lowest BCUT2D eigenvalue weighted by Crippen LogP contribution is -2.49. The van der Waals surface area contributed by atoms with Gasteiger partial charge in [0.1, 0.15) is 0 Å². The zero-order valence-electron chi connectivity index (χ0n) is 20.5. The molecule has 1 aromatic heterocycles. The van der Waals surface area contributed by atoms with E-state index in [1.807, 2.05) is 10.7 Å². The summed E-state index contributed by atoms with van der Waals surface area (Å²) < 4.78 is 2.04. The number of amidine groups is 1. The first-order valence-electron chi connectivity index (χ1n) is 13.5. The largest absolute Gasteiger partial charge is 0.351 e. The molecule has 1 amide bonds. The number of para-hydroxylation sites is 1. The van der Waals surface area contributed by atoms with Gasteiger partial charge in [-0.25, -0.2) is 4.68 Å². The quantitative estimate of drug-likeness (QED) is 0.496. The first-order valence-corrected chi connectivity index (χ1v) is 14.3. The molecule has 2 aromatic rings. The van der Waals surface area contributed by atoms with E-state index in [4.69, 9.17) is 5.10 Å². The van der Waals surface area contributed by atoms with Crippen molar-refractivity contribution in [3.05, 3.63) is 52.7 Å². The second kappa shape index (κ2) is 8.36. The predicted molar refractivity (Wildman–Crippen MR) is 141 cm³/mol. The second-order valence-electron chi connectivity index (χ2n) is 11.9. The van der Waals surface area contributed by atoms with Crippen LogP contribution in [0, 0.1) is 23.7 Å². The van der Waals surface area contributed by atoms with Crippen molar-refractivity contribution in [1.29, 1.82) is 0 Å². The zero-order chi connectivity index (χ0) is 23.6. The molecule has 1 aromatic carbocycles. The first kappa shape index (κ1) is 21.9. The van der Waals surface area contributed by atoms with Gasteiger partial charge in [-0.15, -0.1) is 0 Å². The number of aromatic nitrogens is 2. The Morgan fingerprint density at radius 1 is 1.06 bits per heavy atom. The highest BCUT2D eigenvalue weighted by atomic mass is 32.2. The van der Waals surface area contributed by atoms with Crippen molar-refractivity contribution in [1.82, 2.24) is 14.7 Å². The van der Waals surface area contributed by atoms with Crippen molar-refractivity contribution in [2.24, 2.45) is 28.7 Å². The molecule has 5 fully saturated rings. The highest BCUT2D eigenvalue weighted by Gasteiger charge is 2.53. The average molecular weight is 487 g/mol. The lowest BCUT2D eigenvalue weighted by atomic mass is 9.48. The molecule has 4 bridgehead atoms. The van der Waals surface area contributed by atoms with Crippen molar-refractivity contribution in [2.75, 3.05) is 13.1 Å². The molecule has 4 saturated carbocycles. The van der Waals surface area contributed by atoms with Gasteiger partial charge in [-0.1, -0.05) is 25.1 Å². The molecule has 0 N–H and O–H groups in total. The molecule has 0 spiro atoms. The van der Waals surface area contributed by atoms with Gasteiger partial charge in [-0.3, -0.25) is 4.79 Å². The van der Waals surface area contributed by atoms with E-state index in [2.05, 4.69) is 53.4 Å². The number of piperidine rings is 1. The van der Waals surface area contributed by atoms with Gasteiger partial charge in [-0.05, 0) is 105 Å². The molecular formula is C29H34N4OS. The molecule has 8 rings (SSSR count). The maximum absolute atomic E-state index is 13.0. The molecule has 6 heteroatoms. The number of carbonyl (C=O) groups excluding carboxylic acids is 1. The number of carbonyl (C=O) groups is 1. The number of benzene rings is 1. The highest BCUT2D eigenvalue weighted by Crippen LogP contribution is 2.61. The Kier molecular flexibility index (Phi) is 5.23. The van der Waals surface area contributed by atoms with Gasteiger partial charge < -0.3 is 4.90 Å². The van der Waals surface area contributed by atoms with Crippen molar-refractivity contribution in [3.8, 4) is 5.69 Å². The van der Waals surface area contributed by atoms with Crippen LogP contribution >= 0.6 is 11.8 Å². The SMILES string of the molecule is CC1CCCN(C2=NC(=O)C(=Cc3cn(-c4ccccc4)nc3C34CC5CC(CC(C5)C3)C4)S2)C1. The van der Waals surface area contributed by atoms with E-state index in [1.165, 1.54) is 57.1 Å². The fraction of sp³-hybridized carbons (Fsp3) is 0.552. The maximum atomic E-state index is 13.0. The number of likely N-dealkylation sites (tertiary alicyclic amines) is 1. The van der Waals surface area contributed by atoms with Gasteiger partial charge in [0.05, 0.1) is 16.3 Å². The fourth-order valence-corrected chi connectivity index (χ4v) is 9.00. The fourth-order valence-electron chi connectivity index (χ4n) is 8.06. The van der Waals surface area contributed by atoms with Gasteiger partial charge in [0.15, 0.2) is 5.17 Å². The summed E-state index contributed by atoms with van der Waals surface area (Å²) in [5.41, 5.74) is 3.59. The highest BCUT2D eigenvalue weighted by molar-refractivity contribution is 8.18. The molecule has 1 unspecified atom stereocenters. The van der Waals surface area contributed by atoms with E-state index in [-0.39, 0.29) is 11.3 Å². The third-order valence-corrected chi connectivity index (χ3v) is 10.2. The molecular weight excluding hydrogens is 452 g/mol. The molecule has 6 aliphatic rings. The summed E-state index contributed by atoms with van der Waals surface area (Å²) >= 11 is 1.56. The van der Waals surface area contributed by atoms with Crippen molar-refractivity contribution in [2.45, 2.75) is 63.7 Å². The molecule has 0 radical (unpaired) electrons. The van der Waals surface area contributed by atoms with Crippen LogP contribution in [-0.4, -0.2) is 38.8 Å². The van der Waals surface area contributed by atoms with Gasteiger partial charge in [-0.2, -0.15) is 10.1 Å². The molecule has 35 heavy (non-hydrogen) atoms. The van der Waals surface area contributed by atoms with E-state index < -0.39 is 0 Å². The number of thioether (sulfide) groups is 1. The molecule has 4 aliphatic carbocycles. The maximum Gasteiger partial charge on any atom is 0.286 e. The molecule has 1 saturated heterocycles. The van der Waals surface area contributed by atoms with Crippen LogP contribution < -0.4 is 0 Å². The van der Waals surface area contributed by atoms with E-state index in [0.29, 0.717) is 5.92 Å². The minimum Gasteiger partial charge on any atom is -0.351 e. The van der Waals surface area contributed by atoms with Crippen LogP contribution in [0.25, 0.3) is 11.8 Å². The molecule has 182 valence electrons. The van der Waals surface area contributed by atoms with Crippen LogP contribution in [0.2, 0.25) is 0 Å². The summed E-state index contributed by atoms with van der Waals surface area (Å²) in [5.74, 6) is 3.11. The van der Waals surface area contributed by atoms with E-state index >= 15 is 0 Å². The standard InChI is InChI=1S/C29H34N4OS/c1-19-6-5-9-32(17-19)28-30-27(34)25(35-28)13-23-18-33(24-7-3-2-4-8-24)31-26(23)29-14-20-10-21(15-29)12-22(11-20)16-29/h2-4,7-8,13,18-22H,5-6,9-12,14-17H2,1H3. The van der Waals surface area contributed by atoms with Gasteiger partial charge in [0.25, 0.3) is 5.91 Å². The topological polar surface area (TPSA) is 50.5 Å². The lowest BCUT2D eigenvalue weighted by Gasteiger charge is -2.56. The molecule has 1 atom stereocenters. The summed E-state index contributed by atoms with van der Waals surface area (Å²) in [6, 6.07) is 10.4. The monoisotopic (exact) mass is 486 g/mol. The minimum absolute atomic E-state index is 0.0906. The lowest BCUT2D eigenvalue weighted by molar-refractivity contribution is -0.113. The third kappa shape index (κ3) is 3.89. The number of amides is 1. The molecule has 2 aliphatic heterocycles. The Hall–Kier alpha value is -2.34. The summed E-state index contributed by atoms with van der Waals surface area (Å²) in [6.07, 6.45) is 14.7. The van der Waals surface area contributed by atoms with Crippen molar-refractivity contribution < 1.29 is 4.79 Å². The van der Waals surface area contributed by atoms with Crippen LogP contribution in [0.5, 0.6) is 0 Å². The first-order chi connectivity index (χ1) is 17.0. The van der Waals surface area contributed by atoms with Gasteiger partial charge in [0.2, 0.25) is 0 Å². The van der Waals surface area contributed by atoms with Crippen molar-refractivity contribution >= 4 is 28.9 Å². The number of nitrogens with zero attached hydrogens (tertiary/aromatic N) is 4. The Labute approximate surface area is 212 Å². The Bertz CT molecular complexity index is 1180. The summed E-state index contributed by atoms with van der Waals surface area (Å²) in [5, 5.41) is 6.15. The van der Waals surface area contributed by atoms with Crippen LogP contribution in [0.3, 0.4) is 0 Å². The number of hydrogen-bond donors (Lipinski definition) is 0. The Morgan fingerprint density at radius 3 is 2.46 bits per heavy atom. The summed E-state index contributed by atoms with van der Waals surface area (Å²) in [7, 11) is 0. The molecule has 3 heterocycles. The Morgan fingerprint density at radius 2 is 1.77 bits per heavy atom. The second-order valence-corrected chi connectivity index (χ2v) is 12.9.